The van der Waals surface area contributed by atoms with E-state index in [1.165, 1.54) is 24.2 Å². The lowest BCUT2D eigenvalue weighted by atomic mass is 10.1. The third-order valence-corrected chi connectivity index (χ3v) is 11.6. The number of alkyl halides is 1. The first kappa shape index (κ1) is 56.0. The fourth-order valence-electron chi connectivity index (χ4n) is 7.04. The predicted molar refractivity (Wildman–Crippen MR) is 274 cm³/mol. The molecule has 0 bridgehead atoms. The molecule has 1 N–H and O–H groups in total. The van der Waals surface area contributed by atoms with Crippen LogP contribution >= 0.6 is 15.9 Å². The summed E-state index contributed by atoms with van der Waals surface area (Å²) >= 11 is 3.41. The van der Waals surface area contributed by atoms with Gasteiger partial charge in [-0.25, -0.2) is 14.5 Å². The second kappa shape index (κ2) is 33.0. The maximum absolute atomic E-state index is 12.5. The smallest absolute Gasteiger partial charge is 0.312 e. The van der Waals surface area contributed by atoms with Crippen molar-refractivity contribution in [1.29, 1.82) is 5.26 Å². The Hall–Kier alpha value is -7.60. The highest BCUT2D eigenvalue weighted by molar-refractivity contribution is 9.09. The van der Waals surface area contributed by atoms with E-state index in [9.17, 15) is 19.2 Å². The minimum atomic E-state index is -0.535. The van der Waals surface area contributed by atoms with Crippen molar-refractivity contribution in [2.24, 2.45) is 0 Å². The monoisotopic (exact) mass is 1030 g/mol. The molecule has 2 aliphatic rings. The van der Waals surface area contributed by atoms with Gasteiger partial charge >= 0.3 is 23.6 Å². The number of carbonyl (C=O) groups is 4. The quantitative estimate of drug-likeness (QED) is 0.0295. The summed E-state index contributed by atoms with van der Waals surface area (Å²) in [4.78, 5) is 62.3. The number of halogens is 1. The van der Waals surface area contributed by atoms with Crippen molar-refractivity contribution < 1.29 is 38.1 Å². The van der Waals surface area contributed by atoms with Crippen LogP contribution < -0.4 is 24.3 Å². The van der Waals surface area contributed by atoms with E-state index in [-0.39, 0.29) is 0 Å². The molecule has 17 heteroatoms. The highest BCUT2D eigenvalue weighted by atomic mass is 79.9. The highest BCUT2D eigenvalue weighted by Gasteiger charge is 2.31. The summed E-state index contributed by atoms with van der Waals surface area (Å²) in [7, 11) is 0. The van der Waals surface area contributed by atoms with Gasteiger partial charge in [0.05, 0.1) is 57.8 Å². The zero-order valence-corrected chi connectivity index (χ0v) is 41.7. The molecule has 16 nitrogen and oxygen atoms in total. The van der Waals surface area contributed by atoms with E-state index in [4.69, 9.17) is 43.9 Å². The summed E-state index contributed by atoms with van der Waals surface area (Å²) in [6.45, 7) is 26.6. The molecule has 0 spiro atoms. The van der Waals surface area contributed by atoms with Crippen LogP contribution in [0.4, 0.5) is 17.1 Å². The van der Waals surface area contributed by atoms with E-state index in [2.05, 4.69) is 41.9 Å². The molecule has 2 saturated heterocycles. The topological polar surface area (TPSA) is 164 Å². The Balaban J connectivity index is 0.000000256. The summed E-state index contributed by atoms with van der Waals surface area (Å²) in [6.07, 6.45) is 9.81. The Morgan fingerprint density at radius 3 is 1.23 bits per heavy atom. The summed E-state index contributed by atoms with van der Waals surface area (Å²) in [5.74, 6) is 1.13. The molecule has 2 heterocycles. The number of ether oxygens (including phenoxy) is 4. The van der Waals surface area contributed by atoms with Crippen molar-refractivity contribution in [1.82, 2.24) is 20.0 Å². The molecule has 0 saturated carbocycles. The normalized spacial score (nSPS) is 12.9. The van der Waals surface area contributed by atoms with Crippen molar-refractivity contribution >= 4 is 56.6 Å². The molecule has 0 radical (unpaired) electrons. The minimum Gasteiger partial charge on any atom is -0.494 e. The molecule has 0 unspecified atom stereocenters. The van der Waals surface area contributed by atoms with Gasteiger partial charge in [0.25, 0.3) is 0 Å². The average Bonchev–Trinajstić information content (AvgIpc) is 3.41. The summed E-state index contributed by atoms with van der Waals surface area (Å²) in [6, 6.07) is 30.2. The van der Waals surface area contributed by atoms with Crippen molar-refractivity contribution in [2.75, 3.05) is 77.6 Å². The van der Waals surface area contributed by atoms with Crippen LogP contribution in [-0.4, -0.2) is 116 Å². The third-order valence-electron chi connectivity index (χ3n) is 11.0. The van der Waals surface area contributed by atoms with Gasteiger partial charge in [-0.05, 0) is 99.2 Å². The lowest BCUT2D eigenvalue weighted by molar-refractivity contribution is -0.156. The van der Waals surface area contributed by atoms with Gasteiger partial charge in [-0.3, -0.25) is 19.2 Å². The molecule has 71 heavy (non-hydrogen) atoms. The van der Waals surface area contributed by atoms with Gasteiger partial charge in [0.15, 0.2) is 17.1 Å². The van der Waals surface area contributed by atoms with E-state index in [0.717, 1.165) is 55.5 Å². The number of hydrogen-bond donors (Lipinski definition) is 1. The zero-order chi connectivity index (χ0) is 50.9. The van der Waals surface area contributed by atoms with Crippen LogP contribution in [0.25, 0.3) is 14.5 Å². The third kappa shape index (κ3) is 21.3. The molecule has 2 fully saturated rings. The number of piperazine rings is 2. The number of benzene rings is 4. The largest absolute Gasteiger partial charge is 0.494 e. The van der Waals surface area contributed by atoms with Gasteiger partial charge in [-0.2, -0.15) is 5.26 Å². The van der Waals surface area contributed by atoms with Gasteiger partial charge < -0.3 is 39.0 Å². The molecule has 4 aromatic rings. The van der Waals surface area contributed by atoms with Gasteiger partial charge in [0.1, 0.15) is 23.0 Å². The zero-order valence-electron chi connectivity index (χ0n) is 40.1. The molecule has 4 amide bonds. The number of nitrogens with one attached hydrogen (secondary N) is 1. The van der Waals surface area contributed by atoms with Crippen LogP contribution in [0.5, 0.6) is 23.0 Å². The van der Waals surface area contributed by atoms with Crippen LogP contribution in [-0.2, 0) is 19.2 Å². The maximum Gasteiger partial charge on any atom is 0.312 e. The van der Waals surface area contributed by atoms with Crippen LogP contribution in [0.2, 0.25) is 0 Å². The second-order valence-electron chi connectivity index (χ2n) is 16.2. The minimum absolute atomic E-state index is 0.420. The van der Waals surface area contributed by atoms with Crippen LogP contribution in [0.3, 0.4) is 0 Å². The number of hydrogen-bond acceptors (Lipinski definition) is 9. The first-order chi connectivity index (χ1) is 34.7. The fraction of sp³-hybridized carbons (Fsp3) is 0.407. The van der Waals surface area contributed by atoms with Gasteiger partial charge in [0, 0.05) is 51.1 Å². The molecule has 0 atom stereocenters. The standard InChI is InChI=1S/C27H30N4O4.C14H15N3O3.C13H16BrNO/c1-29-23-9-13-25(14-10-23)35-20-6-16-31-18-17-30(26(32)27(31)33)15-4-2-3-5-19-34-24-11-7-22(21-28)8-12-24;1-15-11-3-5-12(6-4-11)20-10-2-8-17-9-7-16-13(18)14(17)19;1-15-12-6-8-13(9-7-12)16-11-5-3-2-4-10-14/h7-14H,2-6,15-20H2;3-6H,2,7-10H2,(H,16,18);6-9H,2-5,10-11H2. The van der Waals surface area contributed by atoms with Gasteiger partial charge in [0.2, 0.25) is 0 Å². The number of nitrogens with zero attached hydrogens (tertiary/aromatic N) is 7. The number of amides is 4. The lowest BCUT2D eigenvalue weighted by Gasteiger charge is -2.33. The molecule has 0 aliphatic carbocycles. The molecule has 4 aromatic carbocycles. The molecule has 0 aromatic heterocycles. The van der Waals surface area contributed by atoms with E-state index >= 15 is 0 Å². The molecule has 372 valence electrons. The summed E-state index contributed by atoms with van der Waals surface area (Å²) in [5.41, 5.74) is 2.40. The Bertz CT molecular complexity index is 2430. The average molecular weight is 1030 g/mol. The Morgan fingerprint density at radius 2 is 0.831 bits per heavy atom. The first-order valence-electron chi connectivity index (χ1n) is 23.8. The number of carbonyl (C=O) groups excluding carboxylic acids is 4. The van der Waals surface area contributed by atoms with Crippen molar-refractivity contribution in [3.05, 3.63) is 137 Å². The van der Waals surface area contributed by atoms with E-state index in [1.54, 1.807) is 94.7 Å². The summed E-state index contributed by atoms with van der Waals surface area (Å²) in [5, 5.41) is 12.4. The lowest BCUT2D eigenvalue weighted by Crippen LogP contribution is -2.54. The first-order valence-corrected chi connectivity index (χ1v) is 24.9. The Kier molecular flexibility index (Phi) is 26.0. The van der Waals surface area contributed by atoms with Crippen molar-refractivity contribution in [3.8, 4) is 29.1 Å². The molecular formula is C54H61BrN8O8. The Labute approximate surface area is 426 Å². The highest BCUT2D eigenvalue weighted by Crippen LogP contribution is 2.21. The van der Waals surface area contributed by atoms with Gasteiger partial charge in [-0.15, -0.1) is 0 Å². The molecule has 6 rings (SSSR count). The SMILES string of the molecule is [C-]#[N+]c1ccc(OCCCCCCBr)cc1.[C-]#[N+]c1ccc(OCCCN2CCN(CCCCCCOc3ccc(C#N)cc3)C(=O)C2=O)cc1.[C-]#[N+]c1ccc(OCCCN2CCNC(=O)C2=O)cc1. The Morgan fingerprint density at radius 1 is 0.479 bits per heavy atom. The van der Waals surface area contributed by atoms with E-state index < -0.39 is 23.6 Å². The van der Waals surface area contributed by atoms with E-state index in [1.807, 2.05) is 12.1 Å². The maximum atomic E-state index is 12.5. The predicted octanol–water partition coefficient (Wildman–Crippen LogP) is 9.72. The number of rotatable bonds is 25. The second-order valence-corrected chi connectivity index (χ2v) is 17.0. The van der Waals surface area contributed by atoms with Crippen LogP contribution in [0, 0.1) is 31.0 Å². The van der Waals surface area contributed by atoms with Crippen molar-refractivity contribution in [3.63, 3.8) is 0 Å². The van der Waals surface area contributed by atoms with Crippen molar-refractivity contribution in [2.45, 2.75) is 64.2 Å². The molecular weight excluding hydrogens is 969 g/mol. The molecule has 2 aliphatic heterocycles. The van der Waals surface area contributed by atoms with Crippen LogP contribution in [0.15, 0.2) is 97.1 Å². The van der Waals surface area contributed by atoms with E-state index in [0.29, 0.717) is 113 Å². The summed E-state index contributed by atoms with van der Waals surface area (Å²) < 4.78 is 22.4. The van der Waals surface area contributed by atoms with Crippen LogP contribution in [0.1, 0.15) is 69.8 Å². The fourth-order valence-corrected chi connectivity index (χ4v) is 7.43. The number of nitriles is 1. The number of unbranched alkanes of at least 4 members (excludes halogenated alkanes) is 6. The van der Waals surface area contributed by atoms with Gasteiger partial charge in [-0.1, -0.05) is 78.0 Å².